The van der Waals surface area contributed by atoms with Crippen molar-refractivity contribution in [3.05, 3.63) is 54.4 Å². The molecule has 0 unspecified atom stereocenters. The summed E-state index contributed by atoms with van der Waals surface area (Å²) in [6, 6.07) is 11.5. The van der Waals surface area contributed by atoms with Crippen LogP contribution in [0.15, 0.2) is 48.8 Å². The predicted octanol–water partition coefficient (Wildman–Crippen LogP) is 2.32. The minimum Gasteiger partial charge on any atom is -0.487 e. The zero-order chi connectivity index (χ0) is 14.4. The normalized spacial score (nSPS) is 10.1. The summed E-state index contributed by atoms with van der Waals surface area (Å²) in [5, 5.41) is 2.72. The molecule has 104 valence electrons. The van der Waals surface area contributed by atoms with Gasteiger partial charge >= 0.3 is 0 Å². The first-order chi connectivity index (χ1) is 9.63. The number of hydrogen-bond acceptors (Lipinski definition) is 2. The van der Waals surface area contributed by atoms with Crippen molar-refractivity contribution < 1.29 is 14.1 Å². The number of hydrogen-bond donors (Lipinski definition) is 1. The van der Waals surface area contributed by atoms with Gasteiger partial charge in [0, 0.05) is 24.7 Å². The third-order valence-corrected chi connectivity index (χ3v) is 2.85. The van der Waals surface area contributed by atoms with Gasteiger partial charge in [0.05, 0.1) is 0 Å². The molecule has 0 saturated heterocycles. The molecule has 0 spiro atoms. The number of rotatable bonds is 5. The van der Waals surface area contributed by atoms with E-state index >= 15 is 0 Å². The topological polar surface area (TPSA) is 42.2 Å². The van der Waals surface area contributed by atoms with Crippen molar-refractivity contribution in [3.8, 4) is 5.75 Å². The number of ether oxygens (including phenoxy) is 1. The Morgan fingerprint density at radius 2 is 1.80 bits per heavy atom. The van der Waals surface area contributed by atoms with Crippen molar-refractivity contribution in [2.24, 2.45) is 0 Å². The van der Waals surface area contributed by atoms with Gasteiger partial charge in [-0.15, -0.1) is 0 Å². The van der Waals surface area contributed by atoms with Crippen LogP contribution in [0.2, 0.25) is 0 Å². The van der Waals surface area contributed by atoms with Crippen LogP contribution in [0.25, 0.3) is 0 Å². The Balaban J connectivity index is 1.82. The van der Waals surface area contributed by atoms with Gasteiger partial charge in [-0.1, -0.05) is 0 Å². The summed E-state index contributed by atoms with van der Waals surface area (Å²) in [6.45, 7) is 4.96. The second-order valence-electron chi connectivity index (χ2n) is 4.67. The Kier molecular flexibility index (Phi) is 4.71. The summed E-state index contributed by atoms with van der Waals surface area (Å²) in [6.07, 6.45) is 4.08. The monoisotopic (exact) mass is 271 g/mol. The molecule has 0 atom stereocenters. The molecular weight excluding hydrogens is 252 g/mol. The number of amides is 1. The standard InChI is InChI=1S/C16H18N2O2/c1-13-7-9-18(10-8-13)11-12-20-16-5-3-15(4-6-16)17-14(2)19/h3-10H,11-12H2,1-2H3/p+1. The molecule has 4 heteroatoms. The third-order valence-electron chi connectivity index (χ3n) is 2.85. The molecule has 0 aliphatic heterocycles. The molecule has 1 amide bonds. The van der Waals surface area contributed by atoms with E-state index < -0.39 is 0 Å². The first-order valence-electron chi connectivity index (χ1n) is 6.59. The zero-order valence-electron chi connectivity index (χ0n) is 11.8. The number of aromatic nitrogens is 1. The van der Waals surface area contributed by atoms with E-state index in [1.807, 2.05) is 36.7 Å². The van der Waals surface area contributed by atoms with Gasteiger partial charge in [-0.25, -0.2) is 4.57 Å². The predicted molar refractivity (Wildman–Crippen MR) is 77.6 cm³/mol. The Labute approximate surface area is 119 Å². The van der Waals surface area contributed by atoms with Gasteiger partial charge in [0.25, 0.3) is 0 Å². The molecule has 1 aromatic carbocycles. The quantitative estimate of drug-likeness (QED) is 0.848. The molecular formula is C16H19N2O2+. The molecule has 0 bridgehead atoms. The smallest absolute Gasteiger partial charge is 0.221 e. The molecule has 4 nitrogen and oxygen atoms in total. The second kappa shape index (κ2) is 6.70. The van der Waals surface area contributed by atoms with Crippen molar-refractivity contribution >= 4 is 11.6 Å². The minimum atomic E-state index is -0.0746. The highest BCUT2D eigenvalue weighted by Crippen LogP contribution is 2.15. The molecule has 2 rings (SSSR count). The minimum absolute atomic E-state index is 0.0746. The van der Waals surface area contributed by atoms with Crippen molar-refractivity contribution in [3.63, 3.8) is 0 Å². The van der Waals surface area contributed by atoms with Crippen molar-refractivity contribution in [2.75, 3.05) is 11.9 Å². The van der Waals surface area contributed by atoms with Gasteiger partial charge in [0.15, 0.2) is 18.9 Å². The number of aryl methyl sites for hydroxylation is 1. The first kappa shape index (κ1) is 14.1. The van der Waals surface area contributed by atoms with E-state index in [4.69, 9.17) is 4.74 Å². The molecule has 0 aliphatic carbocycles. The zero-order valence-corrected chi connectivity index (χ0v) is 11.8. The van der Waals surface area contributed by atoms with Gasteiger partial charge in [-0.2, -0.15) is 0 Å². The maximum atomic E-state index is 10.9. The highest BCUT2D eigenvalue weighted by Gasteiger charge is 2.01. The van der Waals surface area contributed by atoms with Crippen molar-refractivity contribution in [1.29, 1.82) is 0 Å². The van der Waals surface area contributed by atoms with Gasteiger partial charge in [-0.05, 0) is 36.8 Å². The van der Waals surface area contributed by atoms with Crippen LogP contribution in [-0.4, -0.2) is 12.5 Å². The molecule has 0 aliphatic rings. The molecule has 0 saturated carbocycles. The Morgan fingerprint density at radius 1 is 1.15 bits per heavy atom. The Hall–Kier alpha value is -2.36. The maximum Gasteiger partial charge on any atom is 0.221 e. The number of carbonyl (C=O) groups excluding carboxylic acids is 1. The average molecular weight is 271 g/mol. The van der Waals surface area contributed by atoms with E-state index in [9.17, 15) is 4.79 Å². The van der Waals surface area contributed by atoms with E-state index in [-0.39, 0.29) is 5.91 Å². The molecule has 1 aromatic heterocycles. The number of pyridine rings is 1. The number of carbonyl (C=O) groups is 1. The van der Waals surface area contributed by atoms with Gasteiger partial charge < -0.3 is 10.1 Å². The summed E-state index contributed by atoms with van der Waals surface area (Å²) in [5.41, 5.74) is 2.02. The van der Waals surface area contributed by atoms with Gasteiger partial charge in [-0.3, -0.25) is 4.79 Å². The van der Waals surface area contributed by atoms with Crippen LogP contribution < -0.4 is 14.6 Å². The molecule has 20 heavy (non-hydrogen) atoms. The first-order valence-corrected chi connectivity index (χ1v) is 6.59. The van der Waals surface area contributed by atoms with Crippen LogP contribution in [0.1, 0.15) is 12.5 Å². The second-order valence-corrected chi connectivity index (χ2v) is 4.67. The highest BCUT2D eigenvalue weighted by atomic mass is 16.5. The Bertz CT molecular complexity index is 562. The van der Waals surface area contributed by atoms with Crippen LogP contribution in [0.3, 0.4) is 0 Å². The van der Waals surface area contributed by atoms with Crippen LogP contribution >= 0.6 is 0 Å². The third kappa shape index (κ3) is 4.39. The van der Waals surface area contributed by atoms with Crippen molar-refractivity contribution in [2.45, 2.75) is 20.4 Å². The molecule has 1 N–H and O–H groups in total. The van der Waals surface area contributed by atoms with Crippen LogP contribution in [0.4, 0.5) is 5.69 Å². The highest BCUT2D eigenvalue weighted by molar-refractivity contribution is 5.88. The van der Waals surface area contributed by atoms with Crippen LogP contribution in [0.5, 0.6) is 5.75 Å². The molecule has 0 radical (unpaired) electrons. The summed E-state index contributed by atoms with van der Waals surface area (Å²) < 4.78 is 7.75. The summed E-state index contributed by atoms with van der Waals surface area (Å²) in [5.74, 6) is 0.723. The number of benzene rings is 1. The number of nitrogens with zero attached hydrogens (tertiary/aromatic N) is 1. The van der Waals surface area contributed by atoms with Crippen LogP contribution in [-0.2, 0) is 11.3 Å². The van der Waals surface area contributed by atoms with E-state index in [1.165, 1.54) is 12.5 Å². The fraction of sp³-hybridized carbons (Fsp3) is 0.250. The SMILES string of the molecule is CC(=O)Nc1ccc(OCC[n+]2ccc(C)cc2)cc1. The van der Waals surface area contributed by atoms with E-state index in [1.54, 1.807) is 0 Å². The fourth-order valence-electron chi connectivity index (χ4n) is 1.79. The lowest BCUT2D eigenvalue weighted by molar-refractivity contribution is -0.697. The lowest BCUT2D eigenvalue weighted by Gasteiger charge is -2.06. The average Bonchev–Trinajstić information content (AvgIpc) is 2.42. The molecule has 2 aromatic rings. The van der Waals surface area contributed by atoms with Crippen LogP contribution in [0, 0.1) is 6.92 Å². The summed E-state index contributed by atoms with van der Waals surface area (Å²) in [7, 11) is 0. The largest absolute Gasteiger partial charge is 0.487 e. The van der Waals surface area contributed by atoms with E-state index in [2.05, 4.69) is 28.9 Å². The number of anilines is 1. The van der Waals surface area contributed by atoms with Gasteiger partial charge in [0.2, 0.25) is 5.91 Å². The molecule has 0 fully saturated rings. The lowest BCUT2D eigenvalue weighted by Crippen LogP contribution is -2.35. The van der Waals surface area contributed by atoms with Gasteiger partial charge in [0.1, 0.15) is 12.4 Å². The van der Waals surface area contributed by atoms with E-state index in [0.29, 0.717) is 6.61 Å². The lowest BCUT2D eigenvalue weighted by atomic mass is 10.3. The van der Waals surface area contributed by atoms with E-state index in [0.717, 1.165) is 18.0 Å². The summed E-state index contributed by atoms with van der Waals surface area (Å²) >= 11 is 0. The molecule has 1 heterocycles. The fourth-order valence-corrected chi connectivity index (χ4v) is 1.79. The summed E-state index contributed by atoms with van der Waals surface area (Å²) in [4.78, 5) is 10.9. The Morgan fingerprint density at radius 3 is 2.40 bits per heavy atom. The maximum absolute atomic E-state index is 10.9. The number of nitrogens with one attached hydrogen (secondary N) is 1. The van der Waals surface area contributed by atoms with Crippen molar-refractivity contribution in [1.82, 2.24) is 0 Å².